The van der Waals surface area contributed by atoms with Crippen LogP contribution in [0.4, 0.5) is 0 Å². The molecular weight excluding hydrogens is 160 g/mol. The van der Waals surface area contributed by atoms with Crippen molar-refractivity contribution in [3.8, 4) is 0 Å². The minimum atomic E-state index is 0.163. The molecule has 3 aliphatic carbocycles. The van der Waals surface area contributed by atoms with Crippen molar-refractivity contribution >= 4 is 0 Å². The molecule has 1 aromatic carbocycles. The van der Waals surface area contributed by atoms with Crippen LogP contribution in [-0.4, -0.2) is 5.11 Å². The summed E-state index contributed by atoms with van der Waals surface area (Å²) >= 11 is 0. The van der Waals surface area contributed by atoms with E-state index in [1.165, 1.54) is 24.8 Å². The van der Waals surface area contributed by atoms with Gasteiger partial charge in [-0.05, 0) is 41.7 Å². The van der Waals surface area contributed by atoms with Crippen LogP contribution in [0.2, 0.25) is 0 Å². The lowest BCUT2D eigenvalue weighted by Gasteiger charge is -2.62. The topological polar surface area (TPSA) is 20.2 Å². The molecule has 0 amide bonds. The molecule has 4 rings (SSSR count). The van der Waals surface area contributed by atoms with Crippen molar-refractivity contribution < 1.29 is 5.11 Å². The van der Waals surface area contributed by atoms with Gasteiger partial charge in [-0.1, -0.05) is 24.3 Å². The highest BCUT2D eigenvalue weighted by atomic mass is 16.3. The third-order valence-corrected chi connectivity index (χ3v) is 3.79. The van der Waals surface area contributed by atoms with E-state index < -0.39 is 0 Å². The Morgan fingerprint density at radius 3 is 2.15 bits per heavy atom. The van der Waals surface area contributed by atoms with E-state index in [0.29, 0.717) is 5.41 Å². The van der Waals surface area contributed by atoms with Crippen LogP contribution in [0.1, 0.15) is 30.4 Å². The third-order valence-electron chi connectivity index (χ3n) is 3.79. The van der Waals surface area contributed by atoms with Gasteiger partial charge in [-0.15, -0.1) is 0 Å². The van der Waals surface area contributed by atoms with Gasteiger partial charge >= 0.3 is 0 Å². The van der Waals surface area contributed by atoms with Gasteiger partial charge < -0.3 is 5.11 Å². The largest absolute Gasteiger partial charge is 0.392 e. The molecule has 0 saturated heterocycles. The lowest BCUT2D eigenvalue weighted by atomic mass is 9.42. The zero-order valence-electron chi connectivity index (χ0n) is 7.66. The maximum atomic E-state index is 8.91. The molecule has 0 spiro atoms. The summed E-state index contributed by atoms with van der Waals surface area (Å²) in [4.78, 5) is 0. The lowest BCUT2D eigenvalue weighted by molar-refractivity contribution is -0.0274. The van der Waals surface area contributed by atoms with E-state index in [2.05, 4.69) is 24.3 Å². The monoisotopic (exact) mass is 174 g/mol. The van der Waals surface area contributed by atoms with Crippen LogP contribution in [0, 0.1) is 5.92 Å². The molecule has 0 unspecified atom stereocenters. The van der Waals surface area contributed by atoms with E-state index >= 15 is 0 Å². The van der Waals surface area contributed by atoms with Gasteiger partial charge in [0.25, 0.3) is 0 Å². The Hall–Kier alpha value is -0.820. The molecule has 0 radical (unpaired) electrons. The first-order valence-corrected chi connectivity index (χ1v) is 5.03. The second kappa shape index (κ2) is 2.36. The normalized spacial score (nSPS) is 35.0. The first-order chi connectivity index (χ1) is 6.32. The highest BCUT2D eigenvalue weighted by molar-refractivity contribution is 5.36. The SMILES string of the molecule is OCc1ccc(C23CC(C2)C3)cc1. The molecule has 0 atom stereocenters. The van der Waals surface area contributed by atoms with Gasteiger partial charge in [0.2, 0.25) is 0 Å². The average Bonchev–Trinajstić information content (AvgIpc) is 2.00. The van der Waals surface area contributed by atoms with E-state index in [0.717, 1.165) is 11.5 Å². The number of rotatable bonds is 2. The first kappa shape index (κ1) is 7.57. The molecule has 1 aromatic rings. The molecule has 3 aliphatic rings. The van der Waals surface area contributed by atoms with Gasteiger partial charge in [0, 0.05) is 0 Å². The Morgan fingerprint density at radius 2 is 1.77 bits per heavy atom. The standard InChI is InChI=1S/C12H14O/c13-8-9-1-3-11(4-2-9)12-5-10(6-12)7-12/h1-4,10,13H,5-8H2. The van der Waals surface area contributed by atoms with Gasteiger partial charge in [0.1, 0.15) is 0 Å². The number of aliphatic hydroxyl groups is 1. The summed E-state index contributed by atoms with van der Waals surface area (Å²) in [5.74, 6) is 1.04. The molecule has 68 valence electrons. The molecule has 1 N–H and O–H groups in total. The van der Waals surface area contributed by atoms with E-state index in [1.54, 1.807) is 0 Å². The smallest absolute Gasteiger partial charge is 0.0681 e. The Labute approximate surface area is 78.4 Å². The molecule has 3 fully saturated rings. The van der Waals surface area contributed by atoms with Crippen LogP contribution in [0.15, 0.2) is 24.3 Å². The third kappa shape index (κ3) is 0.910. The molecule has 0 aliphatic heterocycles. The average molecular weight is 174 g/mol. The second-order valence-electron chi connectivity index (χ2n) is 4.61. The van der Waals surface area contributed by atoms with Crippen molar-refractivity contribution in [1.82, 2.24) is 0 Å². The van der Waals surface area contributed by atoms with Crippen LogP contribution in [-0.2, 0) is 12.0 Å². The van der Waals surface area contributed by atoms with Crippen molar-refractivity contribution in [3.05, 3.63) is 35.4 Å². The highest BCUT2D eigenvalue weighted by Crippen LogP contribution is 2.64. The zero-order chi connectivity index (χ0) is 8.89. The fraction of sp³-hybridized carbons (Fsp3) is 0.500. The molecular formula is C12H14O. The number of hydrogen-bond acceptors (Lipinski definition) is 1. The van der Waals surface area contributed by atoms with Gasteiger partial charge in [-0.25, -0.2) is 0 Å². The lowest BCUT2D eigenvalue weighted by Crippen LogP contribution is -2.55. The summed E-state index contributed by atoms with van der Waals surface area (Å²) in [6.07, 6.45) is 4.22. The first-order valence-electron chi connectivity index (χ1n) is 5.03. The fourth-order valence-corrected chi connectivity index (χ4v) is 2.80. The summed E-state index contributed by atoms with van der Waals surface area (Å²) < 4.78 is 0. The van der Waals surface area contributed by atoms with E-state index in [4.69, 9.17) is 5.11 Å². The molecule has 0 heterocycles. The van der Waals surface area contributed by atoms with Crippen LogP contribution in [0.5, 0.6) is 0 Å². The number of benzene rings is 1. The van der Waals surface area contributed by atoms with Gasteiger partial charge in [0.05, 0.1) is 6.61 Å². The van der Waals surface area contributed by atoms with Gasteiger partial charge in [0.15, 0.2) is 0 Å². The molecule has 1 heteroatoms. The molecule has 1 nitrogen and oxygen atoms in total. The van der Waals surface area contributed by atoms with Crippen LogP contribution in [0.25, 0.3) is 0 Å². The van der Waals surface area contributed by atoms with Gasteiger partial charge in [-0.2, -0.15) is 0 Å². The van der Waals surface area contributed by atoms with E-state index in [-0.39, 0.29) is 6.61 Å². The number of aliphatic hydroxyl groups excluding tert-OH is 1. The summed E-state index contributed by atoms with van der Waals surface area (Å²) in [6.45, 7) is 0.163. The summed E-state index contributed by atoms with van der Waals surface area (Å²) in [7, 11) is 0. The summed E-state index contributed by atoms with van der Waals surface area (Å²) in [6, 6.07) is 8.49. The molecule has 3 saturated carbocycles. The Balaban J connectivity index is 1.89. The molecule has 2 bridgehead atoms. The minimum absolute atomic E-state index is 0.163. The van der Waals surface area contributed by atoms with Crippen molar-refractivity contribution in [2.45, 2.75) is 31.3 Å². The minimum Gasteiger partial charge on any atom is -0.392 e. The fourth-order valence-electron chi connectivity index (χ4n) is 2.80. The Kier molecular flexibility index (Phi) is 1.37. The predicted octanol–water partition coefficient (Wildman–Crippen LogP) is 2.23. The van der Waals surface area contributed by atoms with Gasteiger partial charge in [-0.3, -0.25) is 0 Å². The van der Waals surface area contributed by atoms with Crippen molar-refractivity contribution in [2.75, 3.05) is 0 Å². The Morgan fingerprint density at radius 1 is 1.15 bits per heavy atom. The van der Waals surface area contributed by atoms with Crippen molar-refractivity contribution in [2.24, 2.45) is 5.92 Å². The predicted molar refractivity (Wildman–Crippen MR) is 51.4 cm³/mol. The van der Waals surface area contributed by atoms with Crippen molar-refractivity contribution in [3.63, 3.8) is 0 Å². The van der Waals surface area contributed by atoms with E-state index in [9.17, 15) is 0 Å². The zero-order valence-corrected chi connectivity index (χ0v) is 7.66. The Bertz CT molecular complexity index is 308. The maximum absolute atomic E-state index is 8.91. The maximum Gasteiger partial charge on any atom is 0.0681 e. The summed E-state index contributed by atoms with van der Waals surface area (Å²) in [5.41, 5.74) is 3.08. The van der Waals surface area contributed by atoms with Crippen LogP contribution < -0.4 is 0 Å². The van der Waals surface area contributed by atoms with E-state index in [1.807, 2.05) is 0 Å². The highest BCUT2D eigenvalue weighted by Gasteiger charge is 2.57. The van der Waals surface area contributed by atoms with Crippen LogP contribution in [0.3, 0.4) is 0 Å². The second-order valence-corrected chi connectivity index (χ2v) is 4.61. The molecule has 13 heavy (non-hydrogen) atoms. The van der Waals surface area contributed by atoms with Crippen LogP contribution >= 0.6 is 0 Å². The quantitative estimate of drug-likeness (QED) is 0.729. The van der Waals surface area contributed by atoms with Crippen molar-refractivity contribution in [1.29, 1.82) is 0 Å². The molecule has 0 aromatic heterocycles. The number of hydrogen-bond donors (Lipinski definition) is 1. The summed E-state index contributed by atoms with van der Waals surface area (Å²) in [5, 5.41) is 8.91.